The SMILES string of the molecule is O=S(=O)([O-])O.O=S(=O)([O-])O.[Rb+].[Rb+]. The molecule has 12 heavy (non-hydrogen) atoms. The first-order chi connectivity index (χ1) is 4.00. The van der Waals surface area contributed by atoms with E-state index in [9.17, 15) is 0 Å². The molecule has 0 fully saturated rings. The Morgan fingerprint density at radius 1 is 0.750 bits per heavy atom. The van der Waals surface area contributed by atoms with Crippen LogP contribution in [0.2, 0.25) is 0 Å². The van der Waals surface area contributed by atoms with Crippen LogP contribution < -0.4 is 116 Å². The van der Waals surface area contributed by atoms with Gasteiger partial charge in [-0.05, 0) is 0 Å². The molecule has 12 heteroatoms. The third-order valence-corrected chi connectivity index (χ3v) is 0. The van der Waals surface area contributed by atoms with Crippen molar-refractivity contribution in [1.82, 2.24) is 0 Å². The molecule has 0 unspecified atom stereocenters. The van der Waals surface area contributed by atoms with Crippen molar-refractivity contribution in [2.45, 2.75) is 0 Å². The maximum absolute atomic E-state index is 8.63. The summed E-state index contributed by atoms with van der Waals surface area (Å²) in [5.41, 5.74) is 0. The van der Waals surface area contributed by atoms with Gasteiger partial charge in [-0.3, -0.25) is 9.11 Å². The van der Waals surface area contributed by atoms with Gasteiger partial charge in [0.15, 0.2) is 0 Å². The Balaban J connectivity index is -0.0000000457. The van der Waals surface area contributed by atoms with E-state index in [4.69, 9.17) is 35.0 Å². The molecular formula is H2O8Rb2S2. The van der Waals surface area contributed by atoms with Gasteiger partial charge in [-0.1, -0.05) is 0 Å². The minimum Gasteiger partial charge on any atom is -0.726 e. The van der Waals surface area contributed by atoms with E-state index >= 15 is 0 Å². The average Bonchev–Trinajstić information content (AvgIpc) is 1.12. The number of hydrogen-bond acceptors (Lipinski definition) is 6. The van der Waals surface area contributed by atoms with Crippen LogP contribution in [-0.2, 0) is 20.8 Å². The second-order valence-corrected chi connectivity index (χ2v) is 2.57. The van der Waals surface area contributed by atoms with Crippen LogP contribution in [-0.4, -0.2) is 35.0 Å². The molecule has 0 aromatic heterocycles. The molecule has 0 saturated carbocycles. The molecule has 0 aliphatic heterocycles. The Morgan fingerprint density at radius 3 is 0.750 bits per heavy atom. The van der Waals surface area contributed by atoms with Crippen molar-refractivity contribution < 1.29 is 151 Å². The summed E-state index contributed by atoms with van der Waals surface area (Å²) in [7, 11) is -9.83. The van der Waals surface area contributed by atoms with Crippen LogP contribution in [0.5, 0.6) is 0 Å². The van der Waals surface area contributed by atoms with Gasteiger partial charge in [-0.25, -0.2) is 16.8 Å². The first-order valence-electron chi connectivity index (χ1n) is 1.37. The maximum Gasteiger partial charge on any atom is 1.00 e. The van der Waals surface area contributed by atoms with Crippen molar-refractivity contribution in [1.29, 1.82) is 0 Å². The molecule has 64 valence electrons. The van der Waals surface area contributed by atoms with Gasteiger partial charge in [0.1, 0.15) is 0 Å². The Bertz CT molecular complexity index is 211. The van der Waals surface area contributed by atoms with Crippen molar-refractivity contribution in [2.75, 3.05) is 0 Å². The minimum absolute atomic E-state index is 0. The standard InChI is InChI=1S/2H2O4S.2Rb/c2*1-5(2,3)4;;/h2*(H2,1,2,3,4);;/q;;2*+1/p-2. The van der Waals surface area contributed by atoms with Crippen LogP contribution in [0, 0.1) is 0 Å². The van der Waals surface area contributed by atoms with E-state index in [1.807, 2.05) is 0 Å². The number of rotatable bonds is 0. The summed E-state index contributed by atoms with van der Waals surface area (Å²) >= 11 is 0. The molecule has 0 saturated heterocycles. The molecule has 8 nitrogen and oxygen atoms in total. The molecule has 2 N–H and O–H groups in total. The summed E-state index contributed by atoms with van der Waals surface area (Å²) in [4.78, 5) is 0. The summed E-state index contributed by atoms with van der Waals surface area (Å²) in [6, 6.07) is 0. The summed E-state index contributed by atoms with van der Waals surface area (Å²) in [5.74, 6) is 0. The predicted octanol–water partition coefficient (Wildman–Crippen LogP) is -7.98. The third kappa shape index (κ3) is 181. The molecule has 0 aromatic rings. The van der Waals surface area contributed by atoms with E-state index in [1.165, 1.54) is 0 Å². The molecule has 0 amide bonds. The first kappa shape index (κ1) is 24.5. The molecule has 0 spiro atoms. The molecule has 0 bridgehead atoms. The van der Waals surface area contributed by atoms with E-state index in [0.717, 1.165) is 0 Å². The van der Waals surface area contributed by atoms with Crippen molar-refractivity contribution >= 4 is 20.8 Å². The van der Waals surface area contributed by atoms with E-state index in [0.29, 0.717) is 0 Å². The van der Waals surface area contributed by atoms with E-state index in [2.05, 4.69) is 0 Å². The normalized spacial score (nSPS) is 9.67. The van der Waals surface area contributed by atoms with Gasteiger partial charge in [0.2, 0.25) is 20.8 Å². The van der Waals surface area contributed by atoms with Crippen molar-refractivity contribution in [3.05, 3.63) is 0 Å². The fourth-order valence-corrected chi connectivity index (χ4v) is 0. The molecule has 0 atom stereocenters. The zero-order chi connectivity index (χ0) is 9.00. The van der Waals surface area contributed by atoms with Crippen LogP contribution in [0.1, 0.15) is 0 Å². The molecule has 0 aromatic carbocycles. The second kappa shape index (κ2) is 10.9. The molecule has 0 aliphatic rings. The Kier molecular flexibility index (Phi) is 22.2. The van der Waals surface area contributed by atoms with Gasteiger partial charge in [0.05, 0.1) is 0 Å². The first-order valence-corrected chi connectivity index (χ1v) is 4.10. The van der Waals surface area contributed by atoms with Crippen LogP contribution >= 0.6 is 0 Å². The van der Waals surface area contributed by atoms with E-state index in [1.54, 1.807) is 0 Å². The van der Waals surface area contributed by atoms with E-state index in [-0.39, 0.29) is 116 Å². The molecule has 0 heterocycles. The number of hydrogen-bond donors (Lipinski definition) is 2. The fraction of sp³-hybridized carbons (Fsp3) is 0. The Labute approximate surface area is 167 Å². The summed E-state index contributed by atoms with van der Waals surface area (Å²) in [6.45, 7) is 0. The largest absolute Gasteiger partial charge is 1.00 e. The summed E-state index contributed by atoms with van der Waals surface area (Å²) < 4.78 is 65.7. The maximum atomic E-state index is 8.63. The third-order valence-electron chi connectivity index (χ3n) is 0. The fourth-order valence-electron chi connectivity index (χ4n) is 0. The quantitative estimate of drug-likeness (QED) is 0.317. The van der Waals surface area contributed by atoms with Crippen molar-refractivity contribution in [3.63, 3.8) is 0 Å². The van der Waals surface area contributed by atoms with Gasteiger partial charge in [0, 0.05) is 0 Å². The molecule has 0 aliphatic carbocycles. The topological polar surface area (TPSA) is 155 Å². The Morgan fingerprint density at radius 2 is 0.750 bits per heavy atom. The van der Waals surface area contributed by atoms with Crippen LogP contribution in [0.15, 0.2) is 0 Å². The van der Waals surface area contributed by atoms with Gasteiger partial charge < -0.3 is 9.11 Å². The zero-order valence-corrected chi connectivity index (χ0v) is 17.6. The van der Waals surface area contributed by atoms with Gasteiger partial charge in [-0.15, -0.1) is 0 Å². The Hall–Kier alpha value is 3.35. The van der Waals surface area contributed by atoms with E-state index < -0.39 is 20.8 Å². The smallest absolute Gasteiger partial charge is 0.726 e. The predicted molar refractivity (Wildman–Crippen MR) is 24.7 cm³/mol. The molecule has 0 rings (SSSR count). The van der Waals surface area contributed by atoms with Crippen LogP contribution in [0.4, 0.5) is 0 Å². The molecule has 0 radical (unpaired) electrons. The zero-order valence-electron chi connectivity index (χ0n) is 6.16. The summed E-state index contributed by atoms with van der Waals surface area (Å²) in [5, 5.41) is 0. The summed E-state index contributed by atoms with van der Waals surface area (Å²) in [6.07, 6.45) is 0. The average molecular weight is 365 g/mol. The van der Waals surface area contributed by atoms with Crippen molar-refractivity contribution in [3.8, 4) is 0 Å². The monoisotopic (exact) mass is 364 g/mol. The van der Waals surface area contributed by atoms with Gasteiger partial charge >= 0.3 is 116 Å². The van der Waals surface area contributed by atoms with Crippen LogP contribution in [0.3, 0.4) is 0 Å². The van der Waals surface area contributed by atoms with Crippen molar-refractivity contribution in [2.24, 2.45) is 0 Å². The minimum atomic E-state index is -4.92. The van der Waals surface area contributed by atoms with Crippen LogP contribution in [0.25, 0.3) is 0 Å². The second-order valence-electron chi connectivity index (χ2n) is 0.855. The van der Waals surface area contributed by atoms with Gasteiger partial charge in [0.25, 0.3) is 0 Å². The van der Waals surface area contributed by atoms with Gasteiger partial charge in [-0.2, -0.15) is 0 Å². The molecular weight excluding hydrogens is 363 g/mol.